The van der Waals surface area contributed by atoms with Gasteiger partial charge >= 0.3 is 0 Å². The summed E-state index contributed by atoms with van der Waals surface area (Å²) in [5.41, 5.74) is 2.09. The van der Waals surface area contributed by atoms with Gasteiger partial charge in [0.2, 0.25) is 5.91 Å². The molecular formula is C22H16Br2N4O2S. The fourth-order valence-corrected chi connectivity index (χ4v) is 4.27. The van der Waals surface area contributed by atoms with Crippen molar-refractivity contribution < 1.29 is 9.90 Å². The smallest absolute Gasteiger partial charge is 0.234 e. The average Bonchev–Trinajstić information content (AvgIpc) is 3.20. The van der Waals surface area contributed by atoms with Gasteiger partial charge in [-0.05, 0) is 54.6 Å². The van der Waals surface area contributed by atoms with Crippen molar-refractivity contribution in [2.45, 2.75) is 5.16 Å². The van der Waals surface area contributed by atoms with Crippen LogP contribution in [-0.4, -0.2) is 31.5 Å². The number of rotatable bonds is 6. The third-order valence-corrected chi connectivity index (χ3v) is 6.26. The minimum absolute atomic E-state index is 0.0947. The molecule has 0 saturated heterocycles. The molecule has 1 amide bonds. The molecule has 1 aromatic heterocycles. The molecule has 0 radical (unpaired) electrons. The number of nitrogens with one attached hydrogen (secondary N) is 1. The van der Waals surface area contributed by atoms with E-state index in [0.29, 0.717) is 16.5 Å². The quantitative estimate of drug-likeness (QED) is 0.288. The van der Waals surface area contributed by atoms with Gasteiger partial charge in [-0.1, -0.05) is 61.8 Å². The number of nitrogens with zero attached hydrogens (tertiary/aromatic N) is 3. The summed E-state index contributed by atoms with van der Waals surface area (Å²) in [6.45, 7) is 0. The van der Waals surface area contributed by atoms with Crippen molar-refractivity contribution in [1.82, 2.24) is 14.8 Å². The number of benzene rings is 3. The van der Waals surface area contributed by atoms with Crippen molar-refractivity contribution in [3.8, 4) is 22.8 Å². The number of carbonyl (C=O) groups is 1. The molecule has 156 valence electrons. The van der Waals surface area contributed by atoms with Crippen molar-refractivity contribution >= 4 is 55.2 Å². The molecule has 4 rings (SSSR count). The first-order valence-corrected chi connectivity index (χ1v) is 11.8. The van der Waals surface area contributed by atoms with E-state index in [9.17, 15) is 9.90 Å². The summed E-state index contributed by atoms with van der Waals surface area (Å²) in [6, 6.07) is 22.1. The first-order chi connectivity index (χ1) is 15.0. The van der Waals surface area contributed by atoms with Crippen LogP contribution in [0.5, 0.6) is 5.75 Å². The average molecular weight is 560 g/mol. The maximum absolute atomic E-state index is 12.4. The Morgan fingerprint density at radius 3 is 2.42 bits per heavy atom. The zero-order valence-corrected chi connectivity index (χ0v) is 20.0. The Kier molecular flexibility index (Phi) is 6.74. The van der Waals surface area contributed by atoms with Crippen LogP contribution in [0.4, 0.5) is 5.69 Å². The molecule has 0 aliphatic carbocycles. The van der Waals surface area contributed by atoms with E-state index in [0.717, 1.165) is 20.3 Å². The number of aromatic nitrogens is 3. The summed E-state index contributed by atoms with van der Waals surface area (Å²) < 4.78 is 3.59. The Balaban J connectivity index is 1.62. The van der Waals surface area contributed by atoms with Crippen molar-refractivity contribution in [1.29, 1.82) is 0 Å². The van der Waals surface area contributed by atoms with Crippen molar-refractivity contribution in [3.63, 3.8) is 0 Å². The van der Waals surface area contributed by atoms with Gasteiger partial charge in [0.25, 0.3) is 0 Å². The maximum Gasteiger partial charge on any atom is 0.234 e. The minimum Gasteiger partial charge on any atom is -0.507 e. The van der Waals surface area contributed by atoms with Gasteiger partial charge in [0, 0.05) is 20.3 Å². The van der Waals surface area contributed by atoms with Gasteiger partial charge < -0.3 is 10.4 Å². The highest BCUT2D eigenvalue weighted by molar-refractivity contribution is 9.10. The summed E-state index contributed by atoms with van der Waals surface area (Å²) in [7, 11) is 0. The number of amides is 1. The normalized spacial score (nSPS) is 10.8. The molecule has 0 unspecified atom stereocenters. The Morgan fingerprint density at radius 2 is 1.68 bits per heavy atom. The zero-order valence-electron chi connectivity index (χ0n) is 16.0. The number of hydrogen-bond donors (Lipinski definition) is 2. The molecule has 3 aromatic carbocycles. The van der Waals surface area contributed by atoms with E-state index in [2.05, 4.69) is 47.4 Å². The molecule has 9 heteroatoms. The zero-order chi connectivity index (χ0) is 21.8. The predicted molar refractivity (Wildman–Crippen MR) is 130 cm³/mol. The predicted octanol–water partition coefficient (Wildman–Crippen LogP) is 5.90. The van der Waals surface area contributed by atoms with Gasteiger partial charge in [0.1, 0.15) is 5.75 Å². The van der Waals surface area contributed by atoms with Gasteiger partial charge in [-0.2, -0.15) is 0 Å². The lowest BCUT2D eigenvalue weighted by molar-refractivity contribution is -0.113. The lowest BCUT2D eigenvalue weighted by Crippen LogP contribution is -2.14. The molecule has 0 spiro atoms. The Hall–Kier alpha value is -2.62. The highest BCUT2D eigenvalue weighted by atomic mass is 79.9. The number of phenols is 1. The molecule has 0 fully saturated rings. The highest BCUT2D eigenvalue weighted by Crippen LogP contribution is 2.34. The number of para-hydroxylation sites is 1. The van der Waals surface area contributed by atoms with E-state index in [1.807, 2.05) is 59.2 Å². The summed E-state index contributed by atoms with van der Waals surface area (Å²) in [4.78, 5) is 12.4. The second-order valence-corrected chi connectivity index (χ2v) is 9.26. The third kappa shape index (κ3) is 5.17. The summed E-state index contributed by atoms with van der Waals surface area (Å²) in [6.07, 6.45) is 0. The molecule has 0 aliphatic rings. The molecule has 0 bridgehead atoms. The number of anilines is 1. The van der Waals surface area contributed by atoms with Crippen LogP contribution < -0.4 is 5.32 Å². The second kappa shape index (κ2) is 9.67. The lowest BCUT2D eigenvalue weighted by Gasteiger charge is -2.11. The van der Waals surface area contributed by atoms with E-state index in [-0.39, 0.29) is 17.4 Å². The van der Waals surface area contributed by atoms with Crippen molar-refractivity contribution in [3.05, 3.63) is 81.7 Å². The minimum atomic E-state index is -0.151. The summed E-state index contributed by atoms with van der Waals surface area (Å²) >= 11 is 8.09. The highest BCUT2D eigenvalue weighted by Gasteiger charge is 2.19. The Bertz CT molecular complexity index is 1210. The van der Waals surface area contributed by atoms with Crippen LogP contribution >= 0.6 is 43.6 Å². The van der Waals surface area contributed by atoms with Crippen molar-refractivity contribution in [2.75, 3.05) is 11.1 Å². The fraction of sp³-hybridized carbons (Fsp3) is 0.0455. The number of aromatic hydroxyl groups is 1. The van der Waals surface area contributed by atoms with E-state index >= 15 is 0 Å². The van der Waals surface area contributed by atoms with E-state index in [4.69, 9.17) is 0 Å². The molecule has 2 N–H and O–H groups in total. The molecule has 6 nitrogen and oxygen atoms in total. The van der Waals surface area contributed by atoms with E-state index in [1.165, 1.54) is 11.8 Å². The van der Waals surface area contributed by atoms with Gasteiger partial charge in [-0.25, -0.2) is 0 Å². The standard InChI is InChI=1S/C22H16Br2N4O2S/c23-14-6-9-16(10-7-14)25-20(30)13-31-22-27-26-21(18-12-15(24)8-11-19(18)29)28(22)17-4-2-1-3-5-17/h1-12,29H,13H2,(H,25,30). The van der Waals surface area contributed by atoms with Crippen LogP contribution in [0.25, 0.3) is 17.1 Å². The molecule has 0 saturated carbocycles. The van der Waals surface area contributed by atoms with Crippen LogP contribution in [0.2, 0.25) is 0 Å². The third-order valence-electron chi connectivity index (χ3n) is 4.31. The molecule has 1 heterocycles. The lowest BCUT2D eigenvalue weighted by atomic mass is 10.2. The summed E-state index contributed by atoms with van der Waals surface area (Å²) in [5.74, 6) is 0.589. The summed E-state index contributed by atoms with van der Waals surface area (Å²) in [5, 5.41) is 22.4. The van der Waals surface area contributed by atoms with Gasteiger partial charge in [-0.3, -0.25) is 9.36 Å². The van der Waals surface area contributed by atoms with Crippen LogP contribution in [0.3, 0.4) is 0 Å². The van der Waals surface area contributed by atoms with Gasteiger partial charge in [0.15, 0.2) is 11.0 Å². The molecule has 0 atom stereocenters. The van der Waals surface area contributed by atoms with Crippen LogP contribution in [0.1, 0.15) is 0 Å². The van der Waals surface area contributed by atoms with Crippen molar-refractivity contribution in [2.24, 2.45) is 0 Å². The van der Waals surface area contributed by atoms with E-state index in [1.54, 1.807) is 18.2 Å². The Morgan fingerprint density at radius 1 is 0.968 bits per heavy atom. The SMILES string of the molecule is O=C(CSc1nnc(-c2cc(Br)ccc2O)n1-c1ccccc1)Nc1ccc(Br)cc1. The number of phenolic OH excluding ortho intramolecular Hbond substituents is 1. The number of thioether (sulfide) groups is 1. The second-order valence-electron chi connectivity index (χ2n) is 6.48. The number of carbonyl (C=O) groups excluding carboxylic acids is 1. The molecule has 0 aliphatic heterocycles. The largest absolute Gasteiger partial charge is 0.507 e. The fourth-order valence-electron chi connectivity index (χ4n) is 2.90. The topological polar surface area (TPSA) is 80.0 Å². The molecule has 31 heavy (non-hydrogen) atoms. The Labute approximate surface area is 200 Å². The molecule has 4 aromatic rings. The van der Waals surface area contributed by atoms with E-state index < -0.39 is 0 Å². The molecular weight excluding hydrogens is 544 g/mol. The van der Waals surface area contributed by atoms with Crippen LogP contribution in [0.15, 0.2) is 86.9 Å². The first kappa shape index (κ1) is 21.6. The van der Waals surface area contributed by atoms with Crippen LogP contribution in [-0.2, 0) is 4.79 Å². The first-order valence-electron chi connectivity index (χ1n) is 9.19. The number of halogens is 2. The monoisotopic (exact) mass is 558 g/mol. The van der Waals surface area contributed by atoms with Gasteiger partial charge in [0.05, 0.1) is 11.3 Å². The maximum atomic E-state index is 12.4. The number of hydrogen-bond acceptors (Lipinski definition) is 5. The van der Waals surface area contributed by atoms with Crippen LogP contribution in [0, 0.1) is 0 Å². The van der Waals surface area contributed by atoms with Gasteiger partial charge in [-0.15, -0.1) is 10.2 Å².